The molecule has 0 N–H and O–H groups in total. The molecule has 1 atom stereocenters. The maximum Gasteiger partial charge on any atom is 0.256 e. The Morgan fingerprint density at radius 1 is 1.56 bits per heavy atom. The van der Waals surface area contributed by atoms with Crippen molar-refractivity contribution in [1.82, 2.24) is 14.8 Å². The molecule has 0 radical (unpaired) electrons. The van der Waals surface area contributed by atoms with Gasteiger partial charge in [-0.25, -0.2) is 4.98 Å². The summed E-state index contributed by atoms with van der Waals surface area (Å²) >= 11 is 3.34. The molecular weight excluding hydrogens is 294 g/mol. The number of carbonyl (C=O) groups is 1. The third kappa shape index (κ3) is 2.72. The van der Waals surface area contributed by atoms with E-state index in [1.165, 1.54) is 0 Å². The second kappa shape index (κ2) is 5.80. The van der Waals surface area contributed by atoms with E-state index in [0.717, 1.165) is 26.2 Å². The van der Waals surface area contributed by atoms with E-state index < -0.39 is 0 Å². The number of hydrogen-bond donors (Lipinski definition) is 0. The minimum absolute atomic E-state index is 0.0672. The third-order valence-electron chi connectivity index (χ3n) is 3.45. The second-order valence-corrected chi connectivity index (χ2v) is 5.32. The van der Waals surface area contributed by atoms with Gasteiger partial charge in [-0.15, -0.1) is 0 Å². The van der Waals surface area contributed by atoms with Crippen molar-refractivity contribution < 1.29 is 4.79 Å². The molecule has 2 heterocycles. The minimum Gasteiger partial charge on any atom is -0.336 e. The lowest BCUT2D eigenvalue weighted by atomic mass is 10.1. The zero-order valence-corrected chi connectivity index (χ0v) is 12.4. The van der Waals surface area contributed by atoms with E-state index in [-0.39, 0.29) is 5.91 Å². The van der Waals surface area contributed by atoms with Gasteiger partial charge in [-0.05, 0) is 41.5 Å². The van der Waals surface area contributed by atoms with Crippen LogP contribution in [-0.4, -0.2) is 52.9 Å². The Labute approximate surface area is 116 Å². The molecule has 5 heteroatoms. The maximum absolute atomic E-state index is 12.4. The van der Waals surface area contributed by atoms with Crippen LogP contribution in [-0.2, 0) is 0 Å². The van der Waals surface area contributed by atoms with Crippen LogP contribution in [0.4, 0.5) is 0 Å². The highest BCUT2D eigenvalue weighted by Gasteiger charge is 2.27. The van der Waals surface area contributed by atoms with Gasteiger partial charge in [-0.2, -0.15) is 0 Å². The first-order valence-electron chi connectivity index (χ1n) is 6.27. The highest BCUT2D eigenvalue weighted by atomic mass is 79.9. The van der Waals surface area contributed by atoms with E-state index in [9.17, 15) is 4.79 Å². The van der Waals surface area contributed by atoms with Gasteiger partial charge in [0.05, 0.1) is 5.56 Å². The fraction of sp³-hybridized carbons (Fsp3) is 0.538. The summed E-state index contributed by atoms with van der Waals surface area (Å²) in [5.74, 6) is 0.0672. The molecule has 2 rings (SSSR count). The van der Waals surface area contributed by atoms with Crippen LogP contribution in [0.3, 0.4) is 0 Å². The van der Waals surface area contributed by atoms with Crippen molar-refractivity contribution in [1.29, 1.82) is 0 Å². The van der Waals surface area contributed by atoms with Crippen LogP contribution in [0, 0.1) is 0 Å². The van der Waals surface area contributed by atoms with Crippen LogP contribution in [0.1, 0.15) is 24.2 Å². The lowest BCUT2D eigenvalue weighted by molar-refractivity contribution is 0.0527. The predicted octanol–water partition coefficient (Wildman–Crippen LogP) is 2.01. The van der Waals surface area contributed by atoms with E-state index in [2.05, 4.69) is 39.7 Å². The van der Waals surface area contributed by atoms with Crippen LogP contribution < -0.4 is 0 Å². The lowest BCUT2D eigenvalue weighted by Crippen LogP contribution is -2.53. The molecule has 1 aliphatic heterocycles. The van der Waals surface area contributed by atoms with E-state index in [1.54, 1.807) is 12.3 Å². The molecule has 1 unspecified atom stereocenters. The predicted molar refractivity (Wildman–Crippen MR) is 74.5 cm³/mol. The Morgan fingerprint density at radius 3 is 2.94 bits per heavy atom. The Kier molecular flexibility index (Phi) is 4.35. The molecular formula is C13H18BrN3O. The third-order valence-corrected chi connectivity index (χ3v) is 4.08. The molecule has 1 saturated heterocycles. The number of carbonyl (C=O) groups excluding carboxylic acids is 1. The molecule has 0 spiro atoms. The van der Waals surface area contributed by atoms with Crippen LogP contribution >= 0.6 is 15.9 Å². The number of piperazine rings is 1. The van der Waals surface area contributed by atoms with Crippen LogP contribution in [0.15, 0.2) is 22.9 Å². The zero-order chi connectivity index (χ0) is 13.1. The van der Waals surface area contributed by atoms with Gasteiger partial charge >= 0.3 is 0 Å². The fourth-order valence-corrected chi connectivity index (χ4v) is 2.79. The molecule has 0 saturated carbocycles. The smallest absolute Gasteiger partial charge is 0.256 e. The molecule has 4 nitrogen and oxygen atoms in total. The number of hydrogen-bond acceptors (Lipinski definition) is 3. The lowest BCUT2D eigenvalue weighted by Gasteiger charge is -2.39. The van der Waals surface area contributed by atoms with Gasteiger partial charge in [0.1, 0.15) is 4.60 Å². The second-order valence-electron chi connectivity index (χ2n) is 4.57. The number of nitrogens with zero attached hydrogens (tertiary/aromatic N) is 3. The highest BCUT2D eigenvalue weighted by molar-refractivity contribution is 9.10. The number of pyridine rings is 1. The number of halogens is 1. The summed E-state index contributed by atoms with van der Waals surface area (Å²) < 4.78 is 0.626. The molecule has 18 heavy (non-hydrogen) atoms. The van der Waals surface area contributed by atoms with Crippen molar-refractivity contribution in [2.45, 2.75) is 19.9 Å². The molecule has 98 valence electrons. The first-order valence-corrected chi connectivity index (χ1v) is 7.06. The van der Waals surface area contributed by atoms with Crippen molar-refractivity contribution >= 4 is 21.8 Å². The van der Waals surface area contributed by atoms with Gasteiger partial charge in [0, 0.05) is 31.9 Å². The maximum atomic E-state index is 12.4. The minimum atomic E-state index is 0.0672. The van der Waals surface area contributed by atoms with Crippen LogP contribution in [0.25, 0.3) is 0 Å². The van der Waals surface area contributed by atoms with Gasteiger partial charge < -0.3 is 4.90 Å². The number of aromatic nitrogens is 1. The topological polar surface area (TPSA) is 36.4 Å². The Morgan fingerprint density at radius 2 is 2.33 bits per heavy atom. The molecule has 1 aromatic rings. The summed E-state index contributed by atoms with van der Waals surface area (Å²) in [6, 6.07) is 4.03. The number of amides is 1. The number of rotatable bonds is 2. The number of likely N-dealkylation sites (N-methyl/N-ethyl adjacent to an activating group) is 1. The summed E-state index contributed by atoms with van der Waals surface area (Å²) in [6.07, 6.45) is 1.68. The fourth-order valence-electron chi connectivity index (χ4n) is 2.37. The van der Waals surface area contributed by atoms with Crippen molar-refractivity contribution in [2.24, 2.45) is 0 Å². The van der Waals surface area contributed by atoms with Gasteiger partial charge in [-0.3, -0.25) is 9.69 Å². The molecule has 0 aromatic carbocycles. The van der Waals surface area contributed by atoms with E-state index in [0.29, 0.717) is 16.2 Å². The monoisotopic (exact) mass is 311 g/mol. The van der Waals surface area contributed by atoms with Crippen molar-refractivity contribution in [3.8, 4) is 0 Å². The molecule has 0 aliphatic carbocycles. The SMILES string of the molecule is CCN1CCN(C(=O)c2cccnc2Br)CC1C. The highest BCUT2D eigenvalue weighted by Crippen LogP contribution is 2.17. The summed E-state index contributed by atoms with van der Waals surface area (Å²) in [7, 11) is 0. The molecule has 1 amide bonds. The summed E-state index contributed by atoms with van der Waals surface area (Å²) in [5.41, 5.74) is 0.648. The normalized spacial score (nSPS) is 21.1. The van der Waals surface area contributed by atoms with Gasteiger partial charge in [0.2, 0.25) is 0 Å². The van der Waals surface area contributed by atoms with E-state index in [1.807, 2.05) is 11.0 Å². The Hall–Kier alpha value is -0.940. The van der Waals surface area contributed by atoms with Crippen LogP contribution in [0.5, 0.6) is 0 Å². The summed E-state index contributed by atoms with van der Waals surface area (Å²) in [6.45, 7) is 7.89. The molecule has 1 fully saturated rings. The van der Waals surface area contributed by atoms with Crippen molar-refractivity contribution in [3.63, 3.8) is 0 Å². The first-order chi connectivity index (χ1) is 8.63. The largest absolute Gasteiger partial charge is 0.336 e. The van der Waals surface area contributed by atoms with Gasteiger partial charge in [-0.1, -0.05) is 6.92 Å². The van der Waals surface area contributed by atoms with E-state index >= 15 is 0 Å². The van der Waals surface area contributed by atoms with Crippen molar-refractivity contribution in [3.05, 3.63) is 28.5 Å². The van der Waals surface area contributed by atoms with Gasteiger partial charge in [0.15, 0.2) is 0 Å². The van der Waals surface area contributed by atoms with Crippen LogP contribution in [0.2, 0.25) is 0 Å². The standard InChI is InChI=1S/C13H18BrN3O/c1-3-16-7-8-17(9-10(16)2)13(18)11-5-4-6-15-12(11)14/h4-6,10H,3,7-9H2,1-2H3. The Bertz CT molecular complexity index is 438. The van der Waals surface area contributed by atoms with Gasteiger partial charge in [0.25, 0.3) is 5.91 Å². The first kappa shape index (κ1) is 13.5. The average Bonchev–Trinajstić information content (AvgIpc) is 2.38. The average molecular weight is 312 g/mol. The summed E-state index contributed by atoms with van der Waals surface area (Å²) in [5, 5.41) is 0. The molecule has 1 aromatic heterocycles. The van der Waals surface area contributed by atoms with Crippen molar-refractivity contribution in [2.75, 3.05) is 26.2 Å². The Balaban J connectivity index is 2.10. The molecule has 1 aliphatic rings. The molecule has 0 bridgehead atoms. The van der Waals surface area contributed by atoms with E-state index in [4.69, 9.17) is 0 Å². The zero-order valence-electron chi connectivity index (χ0n) is 10.8. The summed E-state index contributed by atoms with van der Waals surface area (Å²) in [4.78, 5) is 20.8. The quantitative estimate of drug-likeness (QED) is 0.784.